The number of hydrogen-bond acceptors (Lipinski definition) is 4. The zero-order valence-corrected chi connectivity index (χ0v) is 16.2. The van der Waals surface area contributed by atoms with E-state index in [1.54, 1.807) is 12.1 Å². The summed E-state index contributed by atoms with van der Waals surface area (Å²) in [6.45, 7) is -0.0232. The van der Waals surface area contributed by atoms with E-state index in [1.807, 2.05) is 60.7 Å². The smallest absolute Gasteiger partial charge is 0.318 e. The van der Waals surface area contributed by atoms with Crippen LogP contribution in [0.25, 0.3) is 0 Å². The van der Waals surface area contributed by atoms with Crippen LogP contribution in [-0.4, -0.2) is 18.5 Å². The molecule has 1 amide bonds. The first kappa shape index (κ1) is 19.0. The molecule has 0 fully saturated rings. The lowest BCUT2D eigenvalue weighted by atomic mass is 9.88. The molecule has 0 aromatic heterocycles. The number of hydrogen-bond donors (Lipinski definition) is 1. The average Bonchev–Trinajstić information content (AvgIpc) is 2.75. The summed E-state index contributed by atoms with van der Waals surface area (Å²) < 4.78 is 11.2. The van der Waals surface area contributed by atoms with Crippen molar-refractivity contribution in [3.8, 4) is 11.5 Å². The van der Waals surface area contributed by atoms with Crippen LogP contribution in [-0.2, 0) is 20.9 Å². The first-order valence-electron chi connectivity index (χ1n) is 9.15. The molecule has 146 valence electrons. The van der Waals surface area contributed by atoms with Crippen molar-refractivity contribution in [2.75, 3.05) is 6.61 Å². The summed E-state index contributed by atoms with van der Waals surface area (Å²) in [5.41, 5.74) is 2.34. The Labute approximate surface area is 173 Å². The second kappa shape index (κ2) is 8.37. The molecule has 3 aromatic carbocycles. The van der Waals surface area contributed by atoms with Crippen molar-refractivity contribution in [3.63, 3.8) is 0 Å². The minimum atomic E-state index is -0.639. The third-order valence-electron chi connectivity index (χ3n) is 4.66. The molecule has 0 spiro atoms. The number of carbonyl (C=O) groups excluding carboxylic acids is 2. The van der Waals surface area contributed by atoms with Crippen molar-refractivity contribution in [3.05, 3.63) is 94.5 Å². The predicted molar refractivity (Wildman–Crippen MR) is 109 cm³/mol. The third kappa shape index (κ3) is 4.25. The highest BCUT2D eigenvalue weighted by molar-refractivity contribution is 6.30. The van der Waals surface area contributed by atoms with E-state index in [4.69, 9.17) is 21.1 Å². The van der Waals surface area contributed by atoms with Crippen LogP contribution in [0.4, 0.5) is 0 Å². The zero-order valence-electron chi connectivity index (χ0n) is 15.4. The van der Waals surface area contributed by atoms with Gasteiger partial charge in [-0.25, -0.2) is 0 Å². The molecule has 1 heterocycles. The van der Waals surface area contributed by atoms with E-state index in [2.05, 4.69) is 5.32 Å². The molecular weight excluding hydrogens is 390 g/mol. The number of halogens is 1. The second-order valence-electron chi connectivity index (χ2n) is 6.62. The van der Waals surface area contributed by atoms with E-state index < -0.39 is 11.9 Å². The Morgan fingerprint density at radius 1 is 0.897 bits per heavy atom. The lowest BCUT2D eigenvalue weighted by Crippen LogP contribution is -2.30. The van der Waals surface area contributed by atoms with Gasteiger partial charge in [0, 0.05) is 22.7 Å². The first-order valence-corrected chi connectivity index (χ1v) is 9.53. The Morgan fingerprint density at radius 3 is 2.10 bits per heavy atom. The van der Waals surface area contributed by atoms with E-state index in [-0.39, 0.29) is 12.5 Å². The van der Waals surface area contributed by atoms with Gasteiger partial charge >= 0.3 is 5.97 Å². The number of ether oxygens (including phenoxy) is 2. The normalized spacial score (nSPS) is 12.3. The summed E-state index contributed by atoms with van der Waals surface area (Å²) in [7, 11) is 0. The van der Waals surface area contributed by atoms with Crippen molar-refractivity contribution in [1.29, 1.82) is 0 Å². The molecule has 0 saturated carbocycles. The maximum absolute atomic E-state index is 12.9. The van der Waals surface area contributed by atoms with Gasteiger partial charge in [0.25, 0.3) is 5.91 Å². The van der Waals surface area contributed by atoms with Crippen LogP contribution >= 0.6 is 11.6 Å². The Hall–Kier alpha value is -3.31. The minimum absolute atomic E-state index is 0.330. The summed E-state index contributed by atoms with van der Waals surface area (Å²) in [6, 6.07) is 21.8. The molecule has 0 atom stereocenters. The highest BCUT2D eigenvalue weighted by atomic mass is 35.5. The summed E-state index contributed by atoms with van der Waals surface area (Å²) in [4.78, 5) is 25.0. The molecule has 0 saturated heterocycles. The number of esters is 1. The Kier molecular flexibility index (Phi) is 5.49. The zero-order chi connectivity index (χ0) is 20.2. The fraction of sp³-hybridized carbons (Fsp3) is 0.130. The number of benzene rings is 3. The average molecular weight is 408 g/mol. The van der Waals surface area contributed by atoms with Crippen molar-refractivity contribution in [1.82, 2.24) is 5.32 Å². The van der Waals surface area contributed by atoms with Crippen LogP contribution in [0.15, 0.2) is 72.8 Å². The molecule has 3 aromatic rings. The Morgan fingerprint density at radius 2 is 1.48 bits per heavy atom. The standard InChI is InChI=1S/C23H18ClNO4/c24-16-11-9-15(10-12-16)13-25-21(26)14-28-23(27)22-17-5-1-3-7-19(17)29-20-8-4-2-6-18(20)22/h1-12,22H,13-14H2,(H,25,26). The van der Waals surface area contributed by atoms with Gasteiger partial charge < -0.3 is 14.8 Å². The molecule has 0 bridgehead atoms. The summed E-state index contributed by atoms with van der Waals surface area (Å²) in [5, 5.41) is 3.36. The predicted octanol–water partition coefficient (Wildman–Crippen LogP) is 4.44. The van der Waals surface area contributed by atoms with Crippen LogP contribution in [0.2, 0.25) is 5.02 Å². The van der Waals surface area contributed by atoms with Gasteiger partial charge in [-0.3, -0.25) is 9.59 Å². The molecule has 29 heavy (non-hydrogen) atoms. The lowest BCUT2D eigenvalue weighted by molar-refractivity contribution is -0.149. The summed E-state index contributed by atoms with van der Waals surface area (Å²) in [5.74, 6) is -0.280. The number of fused-ring (bicyclic) bond motifs is 2. The van der Waals surface area contributed by atoms with Crippen molar-refractivity contribution < 1.29 is 19.1 Å². The fourth-order valence-corrected chi connectivity index (χ4v) is 3.36. The fourth-order valence-electron chi connectivity index (χ4n) is 3.24. The van der Waals surface area contributed by atoms with Crippen LogP contribution in [0.3, 0.4) is 0 Å². The molecule has 5 nitrogen and oxygen atoms in total. The number of para-hydroxylation sites is 2. The van der Waals surface area contributed by atoms with Crippen molar-refractivity contribution in [2.45, 2.75) is 12.5 Å². The van der Waals surface area contributed by atoms with Crippen LogP contribution in [0, 0.1) is 0 Å². The van der Waals surface area contributed by atoms with Gasteiger partial charge in [-0.1, -0.05) is 60.1 Å². The van der Waals surface area contributed by atoms with Gasteiger partial charge in [0.15, 0.2) is 6.61 Å². The maximum Gasteiger partial charge on any atom is 0.318 e. The molecule has 0 radical (unpaired) electrons. The molecule has 6 heteroatoms. The van der Waals surface area contributed by atoms with Crippen LogP contribution in [0.5, 0.6) is 11.5 Å². The van der Waals surface area contributed by atoms with Gasteiger partial charge in [0.1, 0.15) is 17.4 Å². The molecule has 0 unspecified atom stereocenters. The third-order valence-corrected chi connectivity index (χ3v) is 4.92. The van der Waals surface area contributed by atoms with E-state index in [1.165, 1.54) is 0 Å². The van der Waals surface area contributed by atoms with Gasteiger partial charge in [-0.15, -0.1) is 0 Å². The summed E-state index contributed by atoms with van der Waals surface area (Å²) >= 11 is 5.85. The Balaban J connectivity index is 1.42. The monoisotopic (exact) mass is 407 g/mol. The highest BCUT2D eigenvalue weighted by Gasteiger charge is 2.33. The topological polar surface area (TPSA) is 64.6 Å². The van der Waals surface area contributed by atoms with Gasteiger partial charge in [-0.05, 0) is 29.8 Å². The first-order chi connectivity index (χ1) is 14.1. The van der Waals surface area contributed by atoms with E-state index in [9.17, 15) is 9.59 Å². The molecule has 4 rings (SSSR count). The van der Waals surface area contributed by atoms with Crippen molar-refractivity contribution in [2.24, 2.45) is 0 Å². The molecular formula is C23H18ClNO4. The number of nitrogens with one attached hydrogen (secondary N) is 1. The molecule has 0 aliphatic carbocycles. The maximum atomic E-state index is 12.9. The quantitative estimate of drug-likeness (QED) is 0.635. The largest absolute Gasteiger partial charge is 0.457 e. The number of carbonyl (C=O) groups is 2. The van der Waals surface area contributed by atoms with Crippen molar-refractivity contribution >= 4 is 23.5 Å². The Bertz CT molecular complexity index is 1000. The SMILES string of the molecule is O=C(COC(=O)C1c2ccccc2Oc2ccccc21)NCc1ccc(Cl)cc1. The second-order valence-corrected chi connectivity index (χ2v) is 7.06. The van der Waals surface area contributed by atoms with Gasteiger partial charge in [-0.2, -0.15) is 0 Å². The van der Waals surface area contributed by atoms with Gasteiger partial charge in [0.2, 0.25) is 0 Å². The van der Waals surface area contributed by atoms with E-state index in [0.29, 0.717) is 23.1 Å². The number of amides is 1. The summed E-state index contributed by atoms with van der Waals surface area (Å²) in [6.07, 6.45) is 0. The number of rotatable bonds is 5. The highest BCUT2D eigenvalue weighted by Crippen LogP contribution is 2.44. The molecule has 1 aliphatic heterocycles. The van der Waals surface area contributed by atoms with E-state index in [0.717, 1.165) is 16.7 Å². The molecule has 1 N–H and O–H groups in total. The van der Waals surface area contributed by atoms with Crippen LogP contribution < -0.4 is 10.1 Å². The van der Waals surface area contributed by atoms with Gasteiger partial charge in [0.05, 0.1) is 0 Å². The van der Waals surface area contributed by atoms with E-state index >= 15 is 0 Å². The minimum Gasteiger partial charge on any atom is -0.457 e. The molecule has 1 aliphatic rings. The lowest BCUT2D eigenvalue weighted by Gasteiger charge is -2.26. The van der Waals surface area contributed by atoms with Crippen LogP contribution in [0.1, 0.15) is 22.6 Å².